The van der Waals surface area contributed by atoms with E-state index >= 15 is 0 Å². The van der Waals surface area contributed by atoms with Gasteiger partial charge in [0.25, 0.3) is 0 Å². The lowest BCUT2D eigenvalue weighted by molar-refractivity contribution is -0.134. The van der Waals surface area contributed by atoms with Gasteiger partial charge < -0.3 is 9.80 Å². The predicted octanol–water partition coefficient (Wildman–Crippen LogP) is 3.21. The smallest absolute Gasteiger partial charge is 0.224 e. The monoisotopic (exact) mass is 346 g/mol. The minimum atomic E-state index is -0.275. The Morgan fingerprint density at radius 3 is 2.52 bits per heavy atom. The van der Waals surface area contributed by atoms with Crippen LogP contribution in [0.2, 0.25) is 0 Å². The topological polar surface area (TPSA) is 40.6 Å². The number of rotatable bonds is 5. The van der Waals surface area contributed by atoms with Crippen molar-refractivity contribution in [3.63, 3.8) is 0 Å². The first-order chi connectivity index (χ1) is 11.9. The van der Waals surface area contributed by atoms with Gasteiger partial charge in [-0.1, -0.05) is 26.0 Å². The Morgan fingerprint density at radius 2 is 1.92 bits per heavy atom. The Morgan fingerprint density at radius 1 is 1.24 bits per heavy atom. The van der Waals surface area contributed by atoms with E-state index in [-0.39, 0.29) is 29.6 Å². The van der Waals surface area contributed by atoms with Crippen LogP contribution in [-0.2, 0) is 16.1 Å². The van der Waals surface area contributed by atoms with Crippen molar-refractivity contribution in [3.05, 3.63) is 35.6 Å². The molecule has 1 heterocycles. The molecule has 0 aromatic heterocycles. The summed E-state index contributed by atoms with van der Waals surface area (Å²) in [6.07, 6.45) is 3.30. The van der Waals surface area contributed by atoms with Gasteiger partial charge in [0.15, 0.2) is 0 Å². The molecule has 2 fully saturated rings. The summed E-state index contributed by atoms with van der Waals surface area (Å²) in [5.74, 6) is 0.788. The first-order valence-corrected chi connectivity index (χ1v) is 9.25. The Balaban J connectivity index is 1.74. The molecule has 0 bridgehead atoms. The molecule has 1 aromatic rings. The van der Waals surface area contributed by atoms with Crippen LogP contribution >= 0.6 is 0 Å². The highest BCUT2D eigenvalue weighted by Gasteiger charge is 2.35. The molecule has 0 N–H and O–H groups in total. The second-order valence-electron chi connectivity index (χ2n) is 7.70. The minimum Gasteiger partial charge on any atom is -0.340 e. The summed E-state index contributed by atoms with van der Waals surface area (Å²) in [4.78, 5) is 29.0. The summed E-state index contributed by atoms with van der Waals surface area (Å²) in [6, 6.07) is 6.28. The quantitative estimate of drug-likeness (QED) is 0.821. The van der Waals surface area contributed by atoms with Crippen LogP contribution < -0.4 is 0 Å². The van der Waals surface area contributed by atoms with Crippen LogP contribution in [-0.4, -0.2) is 40.7 Å². The van der Waals surface area contributed by atoms with E-state index in [1.54, 1.807) is 12.1 Å². The molecule has 2 aliphatic rings. The van der Waals surface area contributed by atoms with Gasteiger partial charge in [-0.3, -0.25) is 9.59 Å². The van der Waals surface area contributed by atoms with Crippen molar-refractivity contribution in [1.82, 2.24) is 9.80 Å². The van der Waals surface area contributed by atoms with Gasteiger partial charge in [-0.05, 0) is 42.4 Å². The molecule has 1 aliphatic carbocycles. The van der Waals surface area contributed by atoms with Crippen LogP contribution in [0.3, 0.4) is 0 Å². The maximum Gasteiger partial charge on any atom is 0.224 e. The molecular formula is C20H27FN2O2. The standard InChI is InChI=1S/C20H27FN2O2/c1-14(2)18-13-22(20(25)11-15-3-4-15)10-9-19(24)23(18)12-16-5-7-17(21)8-6-16/h5-8,14-15,18H,3-4,9-13H2,1-2H3/t18-/m1/s1. The lowest BCUT2D eigenvalue weighted by Gasteiger charge is -2.35. The van der Waals surface area contributed by atoms with Crippen molar-refractivity contribution in [2.75, 3.05) is 13.1 Å². The zero-order valence-corrected chi connectivity index (χ0v) is 15.1. The fraction of sp³-hybridized carbons (Fsp3) is 0.600. The van der Waals surface area contributed by atoms with Crippen molar-refractivity contribution < 1.29 is 14.0 Å². The van der Waals surface area contributed by atoms with Crippen LogP contribution in [0.25, 0.3) is 0 Å². The normalized spacial score (nSPS) is 21.6. The van der Waals surface area contributed by atoms with Crippen LogP contribution in [0.15, 0.2) is 24.3 Å². The maximum atomic E-state index is 13.1. The minimum absolute atomic E-state index is 0.0109. The van der Waals surface area contributed by atoms with Gasteiger partial charge >= 0.3 is 0 Å². The number of hydrogen-bond acceptors (Lipinski definition) is 2. The summed E-state index contributed by atoms with van der Waals surface area (Å²) in [7, 11) is 0. The van der Waals surface area contributed by atoms with E-state index in [0.717, 1.165) is 18.4 Å². The summed E-state index contributed by atoms with van der Waals surface area (Å²) in [5, 5.41) is 0. The van der Waals surface area contributed by atoms with E-state index in [0.29, 0.717) is 38.4 Å². The average molecular weight is 346 g/mol. The number of amides is 2. The van der Waals surface area contributed by atoms with Crippen molar-refractivity contribution in [1.29, 1.82) is 0 Å². The van der Waals surface area contributed by atoms with E-state index < -0.39 is 0 Å². The molecule has 0 radical (unpaired) electrons. The van der Waals surface area contributed by atoms with E-state index in [9.17, 15) is 14.0 Å². The SMILES string of the molecule is CC(C)[C@H]1CN(C(=O)CC2CC2)CCC(=O)N1Cc1ccc(F)cc1. The molecule has 1 saturated heterocycles. The molecule has 2 amide bonds. The summed E-state index contributed by atoms with van der Waals surface area (Å²) in [5.41, 5.74) is 0.915. The molecule has 1 aliphatic heterocycles. The molecule has 0 unspecified atom stereocenters. The van der Waals surface area contributed by atoms with Gasteiger partial charge in [-0.15, -0.1) is 0 Å². The van der Waals surface area contributed by atoms with Gasteiger partial charge in [-0.2, -0.15) is 0 Å². The molecule has 1 saturated carbocycles. The Labute approximate surface area is 149 Å². The van der Waals surface area contributed by atoms with Gasteiger partial charge in [0, 0.05) is 32.5 Å². The maximum absolute atomic E-state index is 13.1. The third-order valence-corrected chi connectivity index (χ3v) is 5.27. The highest BCUT2D eigenvalue weighted by Crippen LogP contribution is 2.33. The predicted molar refractivity (Wildman–Crippen MR) is 94.1 cm³/mol. The first-order valence-electron chi connectivity index (χ1n) is 9.25. The lowest BCUT2D eigenvalue weighted by Crippen LogP contribution is -2.47. The number of nitrogens with zero attached hydrogens (tertiary/aromatic N) is 2. The van der Waals surface area contributed by atoms with Gasteiger partial charge in [0.2, 0.25) is 11.8 Å². The largest absolute Gasteiger partial charge is 0.340 e. The molecule has 4 nitrogen and oxygen atoms in total. The first kappa shape index (κ1) is 17.9. The zero-order valence-electron chi connectivity index (χ0n) is 15.1. The number of halogens is 1. The van der Waals surface area contributed by atoms with Crippen molar-refractivity contribution >= 4 is 11.8 Å². The molecule has 136 valence electrons. The molecular weight excluding hydrogens is 319 g/mol. The second kappa shape index (κ2) is 7.54. The zero-order chi connectivity index (χ0) is 18.0. The number of benzene rings is 1. The van der Waals surface area contributed by atoms with Crippen molar-refractivity contribution in [2.24, 2.45) is 11.8 Å². The van der Waals surface area contributed by atoms with Crippen molar-refractivity contribution in [2.45, 2.75) is 52.1 Å². The third-order valence-electron chi connectivity index (χ3n) is 5.27. The lowest BCUT2D eigenvalue weighted by atomic mass is 10.0. The summed E-state index contributed by atoms with van der Waals surface area (Å²) in [6.45, 7) is 5.74. The summed E-state index contributed by atoms with van der Waals surface area (Å²) < 4.78 is 13.1. The second-order valence-corrected chi connectivity index (χ2v) is 7.70. The molecule has 5 heteroatoms. The average Bonchev–Trinajstić information content (AvgIpc) is 3.39. The molecule has 0 spiro atoms. The Bertz CT molecular complexity index is 625. The van der Waals surface area contributed by atoms with Crippen molar-refractivity contribution in [3.8, 4) is 0 Å². The van der Waals surface area contributed by atoms with E-state index in [2.05, 4.69) is 13.8 Å². The molecule has 25 heavy (non-hydrogen) atoms. The number of carbonyl (C=O) groups is 2. The highest BCUT2D eigenvalue weighted by molar-refractivity contribution is 5.81. The van der Waals surface area contributed by atoms with Crippen LogP contribution in [0.5, 0.6) is 0 Å². The third kappa shape index (κ3) is 4.59. The number of hydrogen-bond donors (Lipinski definition) is 0. The van der Waals surface area contributed by atoms with Gasteiger partial charge in [0.05, 0.1) is 6.04 Å². The van der Waals surface area contributed by atoms with Crippen LogP contribution in [0.1, 0.15) is 45.1 Å². The van der Waals surface area contributed by atoms with Crippen LogP contribution in [0, 0.1) is 17.7 Å². The fourth-order valence-corrected chi connectivity index (χ4v) is 3.46. The summed E-state index contributed by atoms with van der Waals surface area (Å²) >= 11 is 0. The van der Waals surface area contributed by atoms with Crippen LogP contribution in [0.4, 0.5) is 4.39 Å². The van der Waals surface area contributed by atoms with E-state index in [1.807, 2.05) is 9.80 Å². The van der Waals surface area contributed by atoms with E-state index in [4.69, 9.17) is 0 Å². The number of carbonyl (C=O) groups excluding carboxylic acids is 2. The van der Waals surface area contributed by atoms with E-state index in [1.165, 1.54) is 12.1 Å². The molecule has 1 aromatic carbocycles. The molecule has 1 atom stereocenters. The highest BCUT2D eigenvalue weighted by atomic mass is 19.1. The molecule has 3 rings (SSSR count). The Kier molecular flexibility index (Phi) is 5.40. The van der Waals surface area contributed by atoms with Gasteiger partial charge in [0.1, 0.15) is 5.82 Å². The Hall–Kier alpha value is -1.91. The fourth-order valence-electron chi connectivity index (χ4n) is 3.46. The van der Waals surface area contributed by atoms with Gasteiger partial charge in [-0.25, -0.2) is 4.39 Å².